The van der Waals surface area contributed by atoms with Gasteiger partial charge in [0.05, 0.1) is 18.1 Å². The Labute approximate surface area is 163 Å². The first-order valence-corrected chi connectivity index (χ1v) is 8.37. The average molecular weight is 404 g/mol. The third kappa shape index (κ3) is 5.26. The van der Waals surface area contributed by atoms with Crippen molar-refractivity contribution in [2.75, 3.05) is 0 Å². The number of carbonyl (C=O) groups excluding carboxylic acids is 1. The van der Waals surface area contributed by atoms with Gasteiger partial charge in [0, 0.05) is 23.4 Å². The SMILES string of the molecule is C[C@H](ONC(=O)c1cncc(-c2ccc(OC(F)F)nc2)n1)c1ccccc1F. The summed E-state index contributed by atoms with van der Waals surface area (Å²) in [7, 11) is 0. The first-order chi connectivity index (χ1) is 13.9. The summed E-state index contributed by atoms with van der Waals surface area (Å²) in [5, 5.41) is 0. The Morgan fingerprint density at radius 2 is 1.90 bits per heavy atom. The van der Waals surface area contributed by atoms with Crippen LogP contribution in [0, 0.1) is 5.82 Å². The third-order valence-electron chi connectivity index (χ3n) is 3.78. The number of halogens is 3. The molecule has 2 heterocycles. The van der Waals surface area contributed by atoms with Crippen molar-refractivity contribution in [3.05, 3.63) is 72.1 Å². The number of aromatic nitrogens is 3. The largest absolute Gasteiger partial charge is 0.417 e. The molecule has 10 heteroatoms. The lowest BCUT2D eigenvalue weighted by molar-refractivity contribution is -0.0528. The predicted octanol–water partition coefficient (Wildman–Crippen LogP) is 3.70. The van der Waals surface area contributed by atoms with Crippen molar-refractivity contribution in [3.63, 3.8) is 0 Å². The van der Waals surface area contributed by atoms with Crippen LogP contribution >= 0.6 is 0 Å². The van der Waals surface area contributed by atoms with Gasteiger partial charge in [0.25, 0.3) is 5.91 Å². The van der Waals surface area contributed by atoms with Gasteiger partial charge >= 0.3 is 6.61 Å². The van der Waals surface area contributed by atoms with Gasteiger partial charge in [-0.1, -0.05) is 18.2 Å². The summed E-state index contributed by atoms with van der Waals surface area (Å²) >= 11 is 0. The lowest BCUT2D eigenvalue weighted by Gasteiger charge is -2.14. The van der Waals surface area contributed by atoms with Crippen LogP contribution in [0.2, 0.25) is 0 Å². The first kappa shape index (κ1) is 20.2. The molecule has 0 aliphatic rings. The molecule has 1 N–H and O–H groups in total. The molecule has 0 saturated carbocycles. The Morgan fingerprint density at radius 3 is 2.59 bits per heavy atom. The Morgan fingerprint density at radius 1 is 1.10 bits per heavy atom. The molecule has 0 radical (unpaired) electrons. The van der Waals surface area contributed by atoms with Crippen molar-refractivity contribution in [2.24, 2.45) is 0 Å². The van der Waals surface area contributed by atoms with E-state index in [-0.39, 0.29) is 22.8 Å². The van der Waals surface area contributed by atoms with Crippen LogP contribution in [0.25, 0.3) is 11.3 Å². The molecule has 1 aromatic carbocycles. The number of carbonyl (C=O) groups is 1. The smallest absolute Gasteiger partial charge is 0.388 e. The molecule has 3 rings (SSSR count). The van der Waals surface area contributed by atoms with Gasteiger partial charge < -0.3 is 4.74 Å². The van der Waals surface area contributed by atoms with Crippen LogP contribution < -0.4 is 10.2 Å². The number of amides is 1. The van der Waals surface area contributed by atoms with E-state index >= 15 is 0 Å². The molecule has 7 nitrogen and oxygen atoms in total. The maximum atomic E-state index is 13.8. The lowest BCUT2D eigenvalue weighted by Crippen LogP contribution is -2.26. The summed E-state index contributed by atoms with van der Waals surface area (Å²) in [6, 6.07) is 8.73. The van der Waals surface area contributed by atoms with Gasteiger partial charge in [-0.15, -0.1) is 0 Å². The Hall–Kier alpha value is -3.53. The maximum Gasteiger partial charge on any atom is 0.388 e. The number of rotatable bonds is 7. The van der Waals surface area contributed by atoms with Crippen molar-refractivity contribution in [1.29, 1.82) is 0 Å². The van der Waals surface area contributed by atoms with Crippen LogP contribution in [-0.2, 0) is 4.84 Å². The van der Waals surface area contributed by atoms with Gasteiger partial charge in [-0.3, -0.25) is 14.6 Å². The van der Waals surface area contributed by atoms with Crippen molar-refractivity contribution >= 4 is 5.91 Å². The number of nitrogens with one attached hydrogen (secondary N) is 1. The van der Waals surface area contributed by atoms with Crippen LogP contribution in [0.15, 0.2) is 55.0 Å². The topological polar surface area (TPSA) is 86.2 Å². The number of hydrogen-bond acceptors (Lipinski definition) is 6. The number of hydroxylamine groups is 1. The minimum atomic E-state index is -2.98. The molecule has 1 amide bonds. The molecular formula is C19H15F3N4O3. The highest BCUT2D eigenvalue weighted by Crippen LogP contribution is 2.20. The van der Waals surface area contributed by atoms with Crippen LogP contribution in [-0.4, -0.2) is 27.5 Å². The van der Waals surface area contributed by atoms with E-state index in [1.807, 2.05) is 0 Å². The molecule has 3 aromatic rings. The minimum absolute atomic E-state index is 0.0591. The third-order valence-corrected chi connectivity index (χ3v) is 3.78. The maximum absolute atomic E-state index is 13.8. The molecule has 29 heavy (non-hydrogen) atoms. The number of benzene rings is 1. The second-order valence-corrected chi connectivity index (χ2v) is 5.77. The highest BCUT2D eigenvalue weighted by Gasteiger charge is 2.15. The Balaban J connectivity index is 1.67. The molecule has 0 aliphatic heterocycles. The zero-order valence-corrected chi connectivity index (χ0v) is 15.1. The minimum Gasteiger partial charge on any atom is -0.417 e. The van der Waals surface area contributed by atoms with Gasteiger partial charge in [-0.25, -0.2) is 19.8 Å². The van der Waals surface area contributed by atoms with Crippen molar-refractivity contribution in [1.82, 2.24) is 20.4 Å². The van der Waals surface area contributed by atoms with Gasteiger partial charge in [0.15, 0.2) is 0 Å². The van der Waals surface area contributed by atoms with E-state index in [1.54, 1.807) is 25.1 Å². The van der Waals surface area contributed by atoms with E-state index in [4.69, 9.17) is 4.84 Å². The Bertz CT molecular complexity index is 986. The fraction of sp³-hybridized carbons (Fsp3) is 0.158. The van der Waals surface area contributed by atoms with Gasteiger partial charge in [0.2, 0.25) is 5.88 Å². The molecule has 1 atom stereocenters. The van der Waals surface area contributed by atoms with Crippen LogP contribution in [0.1, 0.15) is 29.1 Å². The summed E-state index contributed by atoms with van der Waals surface area (Å²) in [5.74, 6) is -1.39. The summed E-state index contributed by atoms with van der Waals surface area (Å²) in [6.07, 6.45) is 3.13. The Kier molecular flexibility index (Phi) is 6.35. The van der Waals surface area contributed by atoms with Crippen LogP contribution in [0.3, 0.4) is 0 Å². The molecular weight excluding hydrogens is 389 g/mol. The zero-order valence-electron chi connectivity index (χ0n) is 15.1. The normalized spacial score (nSPS) is 11.9. The van der Waals surface area contributed by atoms with E-state index in [9.17, 15) is 18.0 Å². The van der Waals surface area contributed by atoms with Gasteiger partial charge in [-0.2, -0.15) is 8.78 Å². The summed E-state index contributed by atoms with van der Waals surface area (Å²) in [5.41, 5.74) is 3.16. The standard InChI is InChI=1S/C19H15F3N4O3/c1-11(13-4-2-3-5-14(13)20)29-26-18(27)16-10-23-9-15(25-16)12-6-7-17(24-8-12)28-19(21)22/h2-11,19H,1H3,(H,26,27)/t11-/m0/s1. The highest BCUT2D eigenvalue weighted by atomic mass is 19.3. The molecule has 0 bridgehead atoms. The fourth-order valence-corrected chi connectivity index (χ4v) is 2.37. The molecule has 2 aromatic heterocycles. The highest BCUT2D eigenvalue weighted by molar-refractivity contribution is 5.91. The average Bonchev–Trinajstić information content (AvgIpc) is 2.72. The number of ether oxygens (including phenoxy) is 1. The van der Waals surface area contributed by atoms with Crippen LogP contribution in [0.4, 0.5) is 13.2 Å². The van der Waals surface area contributed by atoms with E-state index in [1.165, 1.54) is 36.8 Å². The van der Waals surface area contributed by atoms with E-state index in [0.29, 0.717) is 5.56 Å². The predicted molar refractivity (Wildman–Crippen MR) is 95.3 cm³/mol. The first-order valence-electron chi connectivity index (χ1n) is 8.37. The summed E-state index contributed by atoms with van der Waals surface area (Å²) in [4.78, 5) is 29.3. The van der Waals surface area contributed by atoms with E-state index < -0.39 is 24.4 Å². The van der Waals surface area contributed by atoms with Crippen LogP contribution in [0.5, 0.6) is 5.88 Å². The molecule has 0 saturated heterocycles. The van der Waals surface area contributed by atoms with E-state index in [2.05, 4.69) is 25.2 Å². The van der Waals surface area contributed by atoms with Gasteiger partial charge in [0.1, 0.15) is 17.6 Å². The number of nitrogens with zero attached hydrogens (tertiary/aromatic N) is 3. The van der Waals surface area contributed by atoms with Crippen molar-refractivity contribution < 1.29 is 27.5 Å². The molecule has 150 valence electrons. The number of alkyl halides is 2. The molecule has 0 spiro atoms. The van der Waals surface area contributed by atoms with E-state index in [0.717, 1.165) is 0 Å². The quantitative estimate of drug-likeness (QED) is 0.605. The zero-order chi connectivity index (χ0) is 20.8. The second-order valence-electron chi connectivity index (χ2n) is 5.77. The fourth-order valence-electron chi connectivity index (χ4n) is 2.37. The van der Waals surface area contributed by atoms with Crippen molar-refractivity contribution in [3.8, 4) is 17.1 Å². The monoisotopic (exact) mass is 404 g/mol. The van der Waals surface area contributed by atoms with Crippen molar-refractivity contribution in [2.45, 2.75) is 19.6 Å². The summed E-state index contributed by atoms with van der Waals surface area (Å²) in [6.45, 7) is -1.40. The number of pyridine rings is 1. The second kappa shape index (κ2) is 9.11. The molecule has 0 unspecified atom stereocenters. The number of hydrogen-bond donors (Lipinski definition) is 1. The molecule has 0 fully saturated rings. The lowest BCUT2D eigenvalue weighted by atomic mass is 10.1. The molecule has 0 aliphatic carbocycles. The summed E-state index contributed by atoms with van der Waals surface area (Å²) < 4.78 is 42.3. The van der Waals surface area contributed by atoms with Gasteiger partial charge in [-0.05, 0) is 19.1 Å².